The number of aromatic nitrogens is 2. The maximum Gasteiger partial charge on any atom is 0.498 e. The van der Waals surface area contributed by atoms with Gasteiger partial charge in [0, 0.05) is 30.9 Å². The van der Waals surface area contributed by atoms with E-state index in [4.69, 9.17) is 20.9 Å². The molecule has 1 aromatic rings. The first-order valence-corrected chi connectivity index (χ1v) is 8.29. The maximum absolute atomic E-state index is 6.22. The fourth-order valence-electron chi connectivity index (χ4n) is 2.70. The van der Waals surface area contributed by atoms with E-state index in [1.165, 1.54) is 0 Å². The molecule has 0 radical (unpaired) electrons. The summed E-state index contributed by atoms with van der Waals surface area (Å²) in [6.07, 6.45) is 5.73. The molecule has 1 atom stereocenters. The average molecular weight is 324 g/mol. The van der Waals surface area contributed by atoms with Crippen molar-refractivity contribution in [2.75, 3.05) is 18.0 Å². The monoisotopic (exact) mass is 323 g/mol. The Morgan fingerprint density at radius 1 is 1.18 bits per heavy atom. The van der Waals surface area contributed by atoms with Gasteiger partial charge in [0.15, 0.2) is 0 Å². The summed E-state index contributed by atoms with van der Waals surface area (Å²) in [7, 11) is -0.416. The standard InChI is InChI=1S/C15H23BClN3O2/c1-14(2)15(3,4)22-16(21-14)11-8-18-13(19-9-11)20-7-5-6-12(17)10-20/h8-9,12H,5-7,10H2,1-4H3/t12-/m0/s1. The van der Waals surface area contributed by atoms with Crippen LogP contribution >= 0.6 is 11.6 Å². The zero-order chi connectivity index (χ0) is 16.0. The molecule has 5 nitrogen and oxygen atoms in total. The van der Waals surface area contributed by atoms with E-state index in [9.17, 15) is 0 Å². The molecule has 7 heteroatoms. The lowest BCUT2D eigenvalue weighted by Crippen LogP contribution is -2.41. The van der Waals surface area contributed by atoms with Crippen LogP contribution in [-0.4, -0.2) is 46.8 Å². The molecule has 1 aromatic heterocycles. The average Bonchev–Trinajstić information content (AvgIpc) is 2.68. The molecule has 0 bridgehead atoms. The van der Waals surface area contributed by atoms with E-state index >= 15 is 0 Å². The van der Waals surface area contributed by atoms with Crippen molar-refractivity contribution in [1.82, 2.24) is 9.97 Å². The van der Waals surface area contributed by atoms with E-state index in [0.29, 0.717) is 0 Å². The first-order chi connectivity index (χ1) is 10.3. The van der Waals surface area contributed by atoms with Gasteiger partial charge in [0.25, 0.3) is 0 Å². The molecule has 0 aliphatic carbocycles. The third kappa shape index (κ3) is 2.96. The minimum absolute atomic E-state index is 0.181. The lowest BCUT2D eigenvalue weighted by Gasteiger charge is -2.32. The highest BCUT2D eigenvalue weighted by molar-refractivity contribution is 6.61. The Balaban J connectivity index is 1.72. The molecule has 0 unspecified atom stereocenters. The SMILES string of the molecule is CC1(C)OB(c2cnc(N3CCC[C@H](Cl)C3)nc2)OC1(C)C. The molecule has 2 fully saturated rings. The normalized spacial score (nSPS) is 27.2. The number of piperidine rings is 1. The molecular weight excluding hydrogens is 300 g/mol. The number of anilines is 1. The lowest BCUT2D eigenvalue weighted by molar-refractivity contribution is 0.00578. The van der Waals surface area contributed by atoms with Crippen LogP contribution in [0.3, 0.4) is 0 Å². The highest BCUT2D eigenvalue weighted by Crippen LogP contribution is 2.36. The third-order valence-electron chi connectivity index (χ3n) is 4.83. The van der Waals surface area contributed by atoms with Crippen LogP contribution in [0.25, 0.3) is 0 Å². The van der Waals surface area contributed by atoms with Crippen molar-refractivity contribution in [3.63, 3.8) is 0 Å². The molecule has 2 saturated heterocycles. The zero-order valence-corrected chi connectivity index (χ0v) is 14.4. The van der Waals surface area contributed by atoms with Gasteiger partial charge in [-0.3, -0.25) is 0 Å². The Labute approximate surface area is 137 Å². The summed E-state index contributed by atoms with van der Waals surface area (Å²) in [5.74, 6) is 0.727. The van der Waals surface area contributed by atoms with Crippen LogP contribution in [-0.2, 0) is 9.31 Å². The van der Waals surface area contributed by atoms with Gasteiger partial charge < -0.3 is 14.2 Å². The minimum atomic E-state index is -0.416. The van der Waals surface area contributed by atoms with Crippen LogP contribution in [0.4, 0.5) is 5.95 Å². The van der Waals surface area contributed by atoms with E-state index in [0.717, 1.165) is 37.3 Å². The lowest BCUT2D eigenvalue weighted by atomic mass is 9.81. The second-order valence-corrected chi connectivity index (χ2v) is 7.71. The van der Waals surface area contributed by atoms with Crippen molar-refractivity contribution >= 4 is 30.1 Å². The third-order valence-corrected chi connectivity index (χ3v) is 5.19. The minimum Gasteiger partial charge on any atom is -0.399 e. The molecule has 120 valence electrons. The predicted octanol–water partition coefficient (Wildman–Crippen LogP) is 1.98. The van der Waals surface area contributed by atoms with Crippen molar-refractivity contribution in [2.24, 2.45) is 0 Å². The Hall–Kier alpha value is -0.845. The topological polar surface area (TPSA) is 47.5 Å². The summed E-state index contributed by atoms with van der Waals surface area (Å²) in [5.41, 5.74) is 0.145. The van der Waals surface area contributed by atoms with Gasteiger partial charge in [-0.05, 0) is 40.5 Å². The van der Waals surface area contributed by atoms with Crippen molar-refractivity contribution < 1.29 is 9.31 Å². The highest BCUT2D eigenvalue weighted by atomic mass is 35.5. The number of halogens is 1. The van der Waals surface area contributed by atoms with Crippen molar-refractivity contribution in [3.8, 4) is 0 Å². The number of rotatable bonds is 2. The molecule has 2 aliphatic rings. The molecule has 0 amide bonds. The largest absolute Gasteiger partial charge is 0.498 e. The van der Waals surface area contributed by atoms with Gasteiger partial charge in [-0.2, -0.15) is 0 Å². The van der Waals surface area contributed by atoms with E-state index in [1.807, 2.05) is 27.7 Å². The molecule has 3 rings (SSSR count). The summed E-state index contributed by atoms with van der Waals surface area (Å²) in [5, 5.41) is 0.181. The van der Waals surface area contributed by atoms with Gasteiger partial charge in [0.05, 0.1) is 16.6 Å². The molecule has 0 saturated carbocycles. The van der Waals surface area contributed by atoms with Gasteiger partial charge in [-0.1, -0.05) is 0 Å². The van der Waals surface area contributed by atoms with E-state index in [1.54, 1.807) is 12.4 Å². The Kier molecular flexibility index (Phi) is 4.12. The second-order valence-electron chi connectivity index (χ2n) is 7.09. The second kappa shape index (κ2) is 5.66. The van der Waals surface area contributed by atoms with Crippen molar-refractivity contribution in [3.05, 3.63) is 12.4 Å². The van der Waals surface area contributed by atoms with Crippen molar-refractivity contribution in [2.45, 2.75) is 57.1 Å². The summed E-state index contributed by atoms with van der Waals surface area (Å²) in [6.45, 7) is 9.91. The number of hydrogen-bond donors (Lipinski definition) is 0. The Morgan fingerprint density at radius 3 is 2.32 bits per heavy atom. The zero-order valence-electron chi connectivity index (χ0n) is 13.7. The maximum atomic E-state index is 6.22. The van der Waals surface area contributed by atoms with Gasteiger partial charge >= 0.3 is 7.12 Å². The van der Waals surface area contributed by atoms with E-state index < -0.39 is 7.12 Å². The quantitative estimate of drug-likeness (QED) is 0.615. The van der Waals surface area contributed by atoms with Crippen LogP contribution in [0.2, 0.25) is 0 Å². The summed E-state index contributed by atoms with van der Waals surface area (Å²) >= 11 is 6.22. The molecular formula is C15H23BClN3O2. The van der Waals surface area contributed by atoms with Crippen LogP contribution in [0.5, 0.6) is 0 Å². The van der Waals surface area contributed by atoms with E-state index in [-0.39, 0.29) is 16.6 Å². The number of hydrogen-bond acceptors (Lipinski definition) is 5. The van der Waals surface area contributed by atoms with Gasteiger partial charge in [0.2, 0.25) is 5.95 Å². The molecule has 0 N–H and O–H groups in total. The fourth-order valence-corrected chi connectivity index (χ4v) is 3.02. The smallest absolute Gasteiger partial charge is 0.399 e. The number of nitrogens with zero attached hydrogens (tertiary/aromatic N) is 3. The van der Waals surface area contributed by atoms with Gasteiger partial charge in [-0.15, -0.1) is 11.6 Å². The Morgan fingerprint density at radius 2 is 1.77 bits per heavy atom. The molecule has 3 heterocycles. The summed E-state index contributed by atoms with van der Waals surface area (Å²) in [4.78, 5) is 11.1. The first-order valence-electron chi connectivity index (χ1n) is 7.85. The highest BCUT2D eigenvalue weighted by Gasteiger charge is 2.51. The predicted molar refractivity (Wildman–Crippen MR) is 88.8 cm³/mol. The van der Waals surface area contributed by atoms with Gasteiger partial charge in [-0.25, -0.2) is 9.97 Å². The molecule has 0 aromatic carbocycles. The van der Waals surface area contributed by atoms with Crippen LogP contribution < -0.4 is 10.4 Å². The molecule has 2 aliphatic heterocycles. The molecule has 0 spiro atoms. The summed E-state index contributed by atoms with van der Waals surface area (Å²) in [6, 6.07) is 0. The van der Waals surface area contributed by atoms with Crippen LogP contribution in [0.1, 0.15) is 40.5 Å². The Bertz CT molecular complexity index is 522. The fraction of sp³-hybridized carbons (Fsp3) is 0.733. The first kappa shape index (κ1) is 16.0. The van der Waals surface area contributed by atoms with Crippen LogP contribution in [0.15, 0.2) is 12.4 Å². The van der Waals surface area contributed by atoms with Crippen molar-refractivity contribution in [1.29, 1.82) is 0 Å². The van der Waals surface area contributed by atoms with Crippen LogP contribution in [0, 0.1) is 0 Å². The van der Waals surface area contributed by atoms with Gasteiger partial charge in [0.1, 0.15) is 0 Å². The summed E-state index contributed by atoms with van der Waals surface area (Å²) < 4.78 is 12.0. The van der Waals surface area contributed by atoms with E-state index in [2.05, 4.69) is 14.9 Å². The number of alkyl halides is 1. The molecule has 22 heavy (non-hydrogen) atoms.